The number of nitrogens with zero attached hydrogens (tertiary/aromatic N) is 4. The van der Waals surface area contributed by atoms with Crippen LogP contribution in [0.1, 0.15) is 11.1 Å². The number of benzene rings is 2. The van der Waals surface area contributed by atoms with Gasteiger partial charge in [0.05, 0.1) is 11.4 Å². The van der Waals surface area contributed by atoms with Crippen molar-refractivity contribution in [1.82, 2.24) is 0 Å². The summed E-state index contributed by atoms with van der Waals surface area (Å²) in [6, 6.07) is 16.0. The van der Waals surface area contributed by atoms with Crippen molar-refractivity contribution in [2.45, 2.75) is 13.8 Å². The summed E-state index contributed by atoms with van der Waals surface area (Å²) in [6.45, 7) is 4.10. The van der Waals surface area contributed by atoms with Crippen LogP contribution in [-0.4, -0.2) is 13.4 Å². The van der Waals surface area contributed by atoms with Crippen molar-refractivity contribution in [1.29, 1.82) is 0 Å². The summed E-state index contributed by atoms with van der Waals surface area (Å²) in [7, 11) is 1.88. The van der Waals surface area contributed by atoms with Crippen LogP contribution in [0.4, 0.5) is 11.4 Å². The van der Waals surface area contributed by atoms with E-state index in [1.807, 2.05) is 50.4 Å². The molecule has 0 spiro atoms. The molecule has 0 aliphatic heterocycles. The zero-order valence-electron chi connectivity index (χ0n) is 12.0. The summed E-state index contributed by atoms with van der Waals surface area (Å²) >= 11 is 0. The quantitative estimate of drug-likeness (QED) is 0.348. The minimum Gasteiger partial charge on any atom is -0.267 e. The van der Waals surface area contributed by atoms with Gasteiger partial charge in [-0.15, -0.1) is 10.2 Å². The van der Waals surface area contributed by atoms with Crippen LogP contribution >= 0.6 is 0 Å². The van der Waals surface area contributed by atoms with Gasteiger partial charge in [-0.1, -0.05) is 35.4 Å². The molecular formula is C16H18N4. The summed E-state index contributed by atoms with van der Waals surface area (Å²) in [6.07, 6.45) is 1.44. The van der Waals surface area contributed by atoms with Gasteiger partial charge in [0.15, 0.2) is 6.34 Å². The smallest absolute Gasteiger partial charge is 0.158 e. The fourth-order valence-corrected chi connectivity index (χ4v) is 1.63. The Kier molecular flexibility index (Phi) is 4.60. The van der Waals surface area contributed by atoms with Gasteiger partial charge in [0.25, 0.3) is 0 Å². The Balaban J connectivity index is 1.95. The molecule has 2 aromatic carbocycles. The number of anilines is 1. The molecule has 0 amide bonds. The second-order valence-corrected chi connectivity index (χ2v) is 4.64. The maximum atomic E-state index is 4.20. The molecule has 2 rings (SSSR count). The van der Waals surface area contributed by atoms with E-state index in [2.05, 4.69) is 34.4 Å². The summed E-state index contributed by atoms with van der Waals surface area (Å²) in [4.78, 5) is 0. The third-order valence-electron chi connectivity index (χ3n) is 2.89. The van der Waals surface area contributed by atoms with Crippen molar-refractivity contribution in [3.8, 4) is 0 Å². The summed E-state index contributed by atoms with van der Waals surface area (Å²) in [5.41, 5.74) is 4.26. The van der Waals surface area contributed by atoms with Crippen molar-refractivity contribution in [3.63, 3.8) is 0 Å². The Morgan fingerprint density at radius 2 is 1.40 bits per heavy atom. The van der Waals surface area contributed by atoms with Crippen LogP contribution in [0.3, 0.4) is 0 Å². The zero-order chi connectivity index (χ0) is 14.4. The average molecular weight is 266 g/mol. The molecule has 0 radical (unpaired) electrons. The van der Waals surface area contributed by atoms with Gasteiger partial charge in [0.2, 0.25) is 0 Å². The maximum absolute atomic E-state index is 4.20. The zero-order valence-corrected chi connectivity index (χ0v) is 12.0. The molecule has 0 saturated heterocycles. The van der Waals surface area contributed by atoms with Crippen LogP contribution in [0.15, 0.2) is 63.9 Å². The first-order valence-electron chi connectivity index (χ1n) is 6.45. The highest BCUT2D eigenvalue weighted by molar-refractivity contribution is 5.58. The molecule has 4 heteroatoms. The first kappa shape index (κ1) is 13.9. The van der Waals surface area contributed by atoms with E-state index < -0.39 is 0 Å². The molecule has 20 heavy (non-hydrogen) atoms. The molecule has 0 aliphatic rings. The Labute approximate surface area is 119 Å². The lowest BCUT2D eigenvalue weighted by atomic mass is 10.2. The topological polar surface area (TPSA) is 40.3 Å². The second kappa shape index (κ2) is 6.61. The van der Waals surface area contributed by atoms with E-state index in [0.29, 0.717) is 0 Å². The highest BCUT2D eigenvalue weighted by atomic mass is 15.4. The fraction of sp³-hybridized carbons (Fsp3) is 0.188. The minimum absolute atomic E-state index is 0.819. The number of azo groups is 1. The molecule has 0 atom stereocenters. The Hall–Kier alpha value is -2.49. The number of aryl methyl sites for hydroxylation is 2. The third-order valence-corrected chi connectivity index (χ3v) is 2.89. The average Bonchev–Trinajstić information content (AvgIpc) is 2.46. The van der Waals surface area contributed by atoms with Crippen LogP contribution < -0.4 is 5.01 Å². The predicted molar refractivity (Wildman–Crippen MR) is 83.8 cm³/mol. The SMILES string of the molecule is Cc1ccc(N=NC=NN(C)c2ccc(C)cc2)cc1. The first-order chi connectivity index (χ1) is 9.65. The van der Waals surface area contributed by atoms with Gasteiger partial charge in [-0.3, -0.25) is 5.01 Å². The van der Waals surface area contributed by atoms with Crippen molar-refractivity contribution in [3.05, 3.63) is 59.7 Å². The van der Waals surface area contributed by atoms with Gasteiger partial charge >= 0.3 is 0 Å². The van der Waals surface area contributed by atoms with Crippen molar-refractivity contribution in [2.75, 3.05) is 12.1 Å². The molecule has 0 unspecified atom stereocenters. The standard InChI is InChI=1S/C16H18N4/c1-13-4-8-15(9-5-13)19-17-12-18-20(3)16-10-6-14(2)7-11-16/h4-12H,1-3H3. The van der Waals surface area contributed by atoms with E-state index in [0.717, 1.165) is 11.4 Å². The van der Waals surface area contributed by atoms with Crippen molar-refractivity contribution in [2.24, 2.45) is 15.3 Å². The molecule has 0 fully saturated rings. The van der Waals surface area contributed by atoms with E-state index >= 15 is 0 Å². The molecule has 0 aromatic heterocycles. The molecule has 0 N–H and O–H groups in total. The van der Waals surface area contributed by atoms with Crippen LogP contribution in [0.2, 0.25) is 0 Å². The van der Waals surface area contributed by atoms with E-state index in [1.54, 1.807) is 5.01 Å². The number of hydrazone groups is 1. The largest absolute Gasteiger partial charge is 0.267 e. The molecule has 0 aliphatic carbocycles. The third kappa shape index (κ3) is 4.02. The number of rotatable bonds is 4. The maximum Gasteiger partial charge on any atom is 0.158 e. The van der Waals surface area contributed by atoms with Crippen molar-refractivity contribution < 1.29 is 0 Å². The fourth-order valence-electron chi connectivity index (χ4n) is 1.63. The van der Waals surface area contributed by atoms with Gasteiger partial charge in [-0.25, -0.2) is 0 Å². The molecule has 0 saturated carbocycles. The lowest BCUT2D eigenvalue weighted by molar-refractivity contribution is 1.02. The number of hydrogen-bond acceptors (Lipinski definition) is 3. The molecule has 0 bridgehead atoms. The Bertz CT molecular complexity index is 597. The normalized spacial score (nSPS) is 11.3. The Morgan fingerprint density at radius 1 is 0.850 bits per heavy atom. The van der Waals surface area contributed by atoms with Crippen LogP contribution in [0.5, 0.6) is 0 Å². The monoisotopic (exact) mass is 266 g/mol. The van der Waals surface area contributed by atoms with E-state index in [4.69, 9.17) is 0 Å². The molecule has 2 aromatic rings. The summed E-state index contributed by atoms with van der Waals surface area (Å²) in [5.74, 6) is 0. The van der Waals surface area contributed by atoms with Crippen LogP contribution in [0.25, 0.3) is 0 Å². The molecule has 0 heterocycles. The summed E-state index contributed by atoms with van der Waals surface area (Å²) in [5, 5.41) is 14.0. The first-order valence-corrected chi connectivity index (χ1v) is 6.45. The van der Waals surface area contributed by atoms with Gasteiger partial charge in [-0.05, 0) is 38.1 Å². The number of hydrogen-bond donors (Lipinski definition) is 0. The molecule has 4 nitrogen and oxygen atoms in total. The minimum atomic E-state index is 0.819. The van der Waals surface area contributed by atoms with Gasteiger partial charge in [0.1, 0.15) is 0 Å². The van der Waals surface area contributed by atoms with E-state index in [-0.39, 0.29) is 0 Å². The second-order valence-electron chi connectivity index (χ2n) is 4.64. The summed E-state index contributed by atoms with van der Waals surface area (Å²) < 4.78 is 0. The van der Waals surface area contributed by atoms with Crippen LogP contribution in [0, 0.1) is 13.8 Å². The molecule has 102 valence electrons. The lowest BCUT2D eigenvalue weighted by Crippen LogP contribution is -2.07. The van der Waals surface area contributed by atoms with Crippen LogP contribution in [-0.2, 0) is 0 Å². The Morgan fingerprint density at radius 3 is 2.00 bits per heavy atom. The highest BCUT2D eigenvalue weighted by Gasteiger charge is 1.95. The highest BCUT2D eigenvalue weighted by Crippen LogP contribution is 2.14. The van der Waals surface area contributed by atoms with Gasteiger partial charge < -0.3 is 0 Å². The van der Waals surface area contributed by atoms with E-state index in [9.17, 15) is 0 Å². The van der Waals surface area contributed by atoms with Crippen molar-refractivity contribution >= 4 is 17.7 Å². The van der Waals surface area contributed by atoms with E-state index in [1.165, 1.54) is 17.5 Å². The predicted octanol–water partition coefficient (Wildman–Crippen LogP) is 4.47. The van der Waals surface area contributed by atoms with Gasteiger partial charge in [-0.2, -0.15) is 5.10 Å². The lowest BCUT2D eigenvalue weighted by Gasteiger charge is -2.11. The van der Waals surface area contributed by atoms with Gasteiger partial charge in [0, 0.05) is 7.05 Å². The molecular weight excluding hydrogens is 248 g/mol.